The zero-order valence-corrected chi connectivity index (χ0v) is 17.6. The number of piperazine rings is 1. The Hall–Kier alpha value is -1.99. The van der Waals surface area contributed by atoms with Crippen LogP contribution in [0.25, 0.3) is 0 Å². The average molecular weight is 421 g/mol. The lowest BCUT2D eigenvalue weighted by Gasteiger charge is -2.36. The first-order valence-corrected chi connectivity index (χ1v) is 10.3. The second-order valence-corrected chi connectivity index (χ2v) is 7.45. The summed E-state index contributed by atoms with van der Waals surface area (Å²) in [7, 11) is 1.68. The van der Waals surface area contributed by atoms with Gasteiger partial charge in [-0.1, -0.05) is 11.6 Å². The predicted molar refractivity (Wildman–Crippen MR) is 115 cm³/mol. The Labute approximate surface area is 177 Å². The number of nitrogens with zero attached hydrogens (tertiary/aromatic N) is 2. The Morgan fingerprint density at radius 3 is 2.24 bits per heavy atom. The normalized spacial score (nSPS) is 15.9. The smallest absolute Gasteiger partial charge is 0.119 e. The van der Waals surface area contributed by atoms with Gasteiger partial charge in [0.05, 0.1) is 26.4 Å². The largest absolute Gasteiger partial charge is 0.497 e. The van der Waals surface area contributed by atoms with Crippen LogP contribution in [0.4, 0.5) is 5.69 Å². The quantitative estimate of drug-likeness (QED) is 0.596. The van der Waals surface area contributed by atoms with Crippen molar-refractivity contribution in [2.24, 2.45) is 0 Å². The summed E-state index contributed by atoms with van der Waals surface area (Å²) in [6, 6.07) is 15.4. The molecule has 2 aromatic carbocycles. The van der Waals surface area contributed by atoms with E-state index in [0.29, 0.717) is 31.4 Å². The van der Waals surface area contributed by atoms with Crippen LogP contribution >= 0.6 is 11.6 Å². The van der Waals surface area contributed by atoms with E-state index in [4.69, 9.17) is 25.8 Å². The molecule has 1 fully saturated rings. The SMILES string of the molecule is COc1ccc(N2CCN(C[C@H](O)COCCOc3ccc(Cl)cc3)CC2)cc1. The highest BCUT2D eigenvalue weighted by molar-refractivity contribution is 6.30. The summed E-state index contributed by atoms with van der Waals surface area (Å²) >= 11 is 5.84. The summed E-state index contributed by atoms with van der Waals surface area (Å²) < 4.78 is 16.3. The first kappa shape index (κ1) is 21.7. The third-order valence-corrected chi connectivity index (χ3v) is 5.15. The molecule has 1 heterocycles. The van der Waals surface area contributed by atoms with Gasteiger partial charge in [0.2, 0.25) is 0 Å². The molecule has 0 radical (unpaired) electrons. The summed E-state index contributed by atoms with van der Waals surface area (Å²) in [5.74, 6) is 1.63. The van der Waals surface area contributed by atoms with Crippen LogP contribution in [-0.2, 0) is 4.74 Å². The third-order valence-electron chi connectivity index (χ3n) is 4.90. The molecular weight excluding hydrogens is 392 g/mol. The van der Waals surface area contributed by atoms with Crippen LogP contribution in [0.2, 0.25) is 5.02 Å². The zero-order chi connectivity index (χ0) is 20.5. The van der Waals surface area contributed by atoms with E-state index in [2.05, 4.69) is 21.9 Å². The molecule has 0 aromatic heterocycles. The van der Waals surface area contributed by atoms with Crippen LogP contribution in [0.3, 0.4) is 0 Å². The predicted octanol–water partition coefficient (Wildman–Crippen LogP) is 2.93. The van der Waals surface area contributed by atoms with Gasteiger partial charge >= 0.3 is 0 Å². The van der Waals surface area contributed by atoms with E-state index in [1.807, 2.05) is 24.3 Å². The van der Waals surface area contributed by atoms with Gasteiger partial charge in [0.15, 0.2) is 0 Å². The minimum atomic E-state index is -0.502. The Kier molecular flexibility index (Phi) is 8.43. The standard InChI is InChI=1S/C22H29ClN2O4/c1-27-21-8-4-19(5-9-21)25-12-10-24(11-13-25)16-20(26)17-28-14-15-29-22-6-2-18(23)3-7-22/h2-9,20,26H,10-17H2,1H3/t20-/m0/s1. The maximum Gasteiger partial charge on any atom is 0.119 e. The van der Waals surface area contributed by atoms with E-state index in [9.17, 15) is 5.11 Å². The van der Waals surface area contributed by atoms with Crippen LogP contribution in [0.1, 0.15) is 0 Å². The van der Waals surface area contributed by atoms with Gasteiger partial charge in [0.1, 0.15) is 18.1 Å². The molecule has 1 aliphatic rings. The van der Waals surface area contributed by atoms with Gasteiger partial charge in [0, 0.05) is 43.4 Å². The highest BCUT2D eigenvalue weighted by Crippen LogP contribution is 2.20. The van der Waals surface area contributed by atoms with Crippen molar-refractivity contribution in [3.63, 3.8) is 0 Å². The molecule has 1 saturated heterocycles. The summed E-state index contributed by atoms with van der Waals surface area (Å²) in [6.45, 7) is 5.52. The number of β-amino-alcohol motifs (C(OH)–C–C–N with tert-alkyl or cyclic N) is 1. The van der Waals surface area contributed by atoms with Crippen LogP contribution in [0, 0.1) is 0 Å². The van der Waals surface area contributed by atoms with Crippen LogP contribution < -0.4 is 14.4 Å². The van der Waals surface area contributed by atoms with Crippen molar-refractivity contribution in [1.29, 1.82) is 0 Å². The molecule has 1 atom stereocenters. The van der Waals surface area contributed by atoms with Crippen molar-refractivity contribution in [3.8, 4) is 11.5 Å². The van der Waals surface area contributed by atoms with Gasteiger partial charge in [-0.15, -0.1) is 0 Å². The minimum absolute atomic E-state index is 0.308. The minimum Gasteiger partial charge on any atom is -0.497 e. The van der Waals surface area contributed by atoms with Crippen molar-refractivity contribution >= 4 is 17.3 Å². The van der Waals surface area contributed by atoms with E-state index < -0.39 is 6.10 Å². The van der Waals surface area contributed by atoms with E-state index in [0.717, 1.165) is 37.7 Å². The first-order valence-electron chi connectivity index (χ1n) is 9.89. The van der Waals surface area contributed by atoms with Gasteiger partial charge < -0.3 is 24.2 Å². The molecular formula is C22H29ClN2O4. The molecule has 0 aliphatic carbocycles. The summed E-state index contributed by atoms with van der Waals surface area (Å²) in [5, 5.41) is 10.9. The van der Waals surface area contributed by atoms with Crippen molar-refractivity contribution in [3.05, 3.63) is 53.6 Å². The number of hydrogen-bond acceptors (Lipinski definition) is 6. The Balaban J connectivity index is 1.28. The zero-order valence-electron chi connectivity index (χ0n) is 16.8. The van der Waals surface area contributed by atoms with Gasteiger partial charge in [-0.2, -0.15) is 0 Å². The number of ether oxygens (including phenoxy) is 3. The maximum atomic E-state index is 10.2. The second-order valence-electron chi connectivity index (χ2n) is 7.02. The molecule has 158 valence electrons. The average Bonchev–Trinajstić information content (AvgIpc) is 2.75. The topological polar surface area (TPSA) is 54.4 Å². The number of aliphatic hydroxyl groups excluding tert-OH is 1. The van der Waals surface area contributed by atoms with Gasteiger partial charge in [-0.25, -0.2) is 0 Å². The molecule has 0 saturated carbocycles. The molecule has 0 bridgehead atoms. The molecule has 0 unspecified atom stereocenters. The number of methoxy groups -OCH3 is 1. The van der Waals surface area contributed by atoms with E-state index >= 15 is 0 Å². The Morgan fingerprint density at radius 2 is 1.59 bits per heavy atom. The van der Waals surface area contributed by atoms with Crippen molar-refractivity contribution < 1.29 is 19.3 Å². The molecule has 1 aliphatic heterocycles. The molecule has 7 heteroatoms. The van der Waals surface area contributed by atoms with E-state index in [1.165, 1.54) is 5.69 Å². The summed E-state index contributed by atoms with van der Waals surface area (Å²) in [4.78, 5) is 4.63. The highest BCUT2D eigenvalue weighted by atomic mass is 35.5. The van der Waals surface area contributed by atoms with E-state index in [-0.39, 0.29) is 0 Å². The summed E-state index contributed by atoms with van der Waals surface area (Å²) in [6.07, 6.45) is -0.502. The fourth-order valence-electron chi connectivity index (χ4n) is 3.30. The molecule has 2 aromatic rings. The molecule has 6 nitrogen and oxygen atoms in total. The third kappa shape index (κ3) is 7.08. The number of hydrogen-bond donors (Lipinski definition) is 1. The maximum absolute atomic E-state index is 10.2. The summed E-state index contributed by atoms with van der Waals surface area (Å²) in [5.41, 5.74) is 1.20. The molecule has 1 N–H and O–H groups in total. The molecule has 29 heavy (non-hydrogen) atoms. The van der Waals surface area contributed by atoms with Crippen molar-refractivity contribution in [2.45, 2.75) is 6.10 Å². The number of aliphatic hydroxyl groups is 1. The molecule has 0 amide bonds. The lowest BCUT2D eigenvalue weighted by atomic mass is 10.2. The number of anilines is 1. The Morgan fingerprint density at radius 1 is 0.931 bits per heavy atom. The first-order chi connectivity index (χ1) is 14.1. The number of benzene rings is 2. The van der Waals surface area contributed by atoms with Gasteiger partial charge in [0.25, 0.3) is 0 Å². The lowest BCUT2D eigenvalue weighted by molar-refractivity contribution is 0.00718. The Bertz CT molecular complexity index is 719. The second kappa shape index (κ2) is 11.3. The number of rotatable bonds is 10. The van der Waals surface area contributed by atoms with Crippen molar-refractivity contribution in [1.82, 2.24) is 4.90 Å². The number of halogens is 1. The monoisotopic (exact) mass is 420 g/mol. The van der Waals surface area contributed by atoms with E-state index in [1.54, 1.807) is 19.2 Å². The van der Waals surface area contributed by atoms with Gasteiger partial charge in [-0.3, -0.25) is 4.90 Å². The molecule has 3 rings (SSSR count). The van der Waals surface area contributed by atoms with Gasteiger partial charge in [-0.05, 0) is 48.5 Å². The van der Waals surface area contributed by atoms with Crippen LogP contribution in [0.15, 0.2) is 48.5 Å². The van der Waals surface area contributed by atoms with Crippen molar-refractivity contribution in [2.75, 3.05) is 64.6 Å². The fraction of sp³-hybridized carbons (Fsp3) is 0.455. The van der Waals surface area contributed by atoms with Crippen LogP contribution in [-0.4, -0.2) is 75.8 Å². The highest BCUT2D eigenvalue weighted by Gasteiger charge is 2.19. The van der Waals surface area contributed by atoms with Crippen LogP contribution in [0.5, 0.6) is 11.5 Å². The lowest BCUT2D eigenvalue weighted by Crippen LogP contribution is -2.49. The fourth-order valence-corrected chi connectivity index (χ4v) is 3.43. The molecule has 0 spiro atoms.